The van der Waals surface area contributed by atoms with Gasteiger partial charge in [-0.15, -0.1) is 6.42 Å². The average Bonchev–Trinajstić information content (AvgIpc) is 2.73. The molecule has 2 aromatic carbocycles. The van der Waals surface area contributed by atoms with Gasteiger partial charge in [0.25, 0.3) is 11.8 Å². The first-order chi connectivity index (χ1) is 15.3. The van der Waals surface area contributed by atoms with E-state index in [0.29, 0.717) is 32.9 Å². The van der Waals surface area contributed by atoms with Crippen LogP contribution in [0.5, 0.6) is 11.5 Å². The molecule has 2 aromatic rings. The number of urea groups is 1. The van der Waals surface area contributed by atoms with Crippen LogP contribution in [0.4, 0.5) is 10.5 Å². The van der Waals surface area contributed by atoms with Crippen LogP contribution in [-0.4, -0.2) is 31.1 Å². The van der Waals surface area contributed by atoms with Crippen molar-refractivity contribution in [2.45, 2.75) is 20.8 Å². The maximum atomic E-state index is 13.1. The molecule has 1 heterocycles. The minimum Gasteiger partial charge on any atom is -0.490 e. The molecule has 4 amide bonds. The standard InChI is InChI=1S/C24H21IN2O5/c1-5-9-32-21-19(25)12-16(13-20(21)31-6-2)11-18-22(28)26-24(30)27(23(18)29)17-8-7-14(3)15(4)10-17/h1,7-8,10-13H,6,9H2,2-4H3,(H,26,28,30)/b18-11+. The third-order valence-corrected chi connectivity index (χ3v) is 5.59. The van der Waals surface area contributed by atoms with Crippen molar-refractivity contribution in [2.75, 3.05) is 18.1 Å². The van der Waals surface area contributed by atoms with E-state index in [-0.39, 0.29) is 12.2 Å². The number of rotatable bonds is 6. The Morgan fingerprint density at radius 3 is 2.53 bits per heavy atom. The van der Waals surface area contributed by atoms with Gasteiger partial charge in [0.05, 0.1) is 15.9 Å². The van der Waals surface area contributed by atoms with E-state index >= 15 is 0 Å². The molecule has 0 bridgehead atoms. The first-order valence-corrected chi connectivity index (χ1v) is 10.9. The molecule has 8 heteroatoms. The summed E-state index contributed by atoms with van der Waals surface area (Å²) in [4.78, 5) is 39.0. The van der Waals surface area contributed by atoms with Crippen molar-refractivity contribution in [1.29, 1.82) is 0 Å². The highest BCUT2D eigenvalue weighted by atomic mass is 127. The van der Waals surface area contributed by atoms with E-state index in [1.54, 1.807) is 24.3 Å². The van der Waals surface area contributed by atoms with Crippen molar-refractivity contribution < 1.29 is 23.9 Å². The number of nitrogens with zero attached hydrogens (tertiary/aromatic N) is 1. The van der Waals surface area contributed by atoms with Crippen LogP contribution in [-0.2, 0) is 9.59 Å². The van der Waals surface area contributed by atoms with Gasteiger partial charge in [-0.2, -0.15) is 0 Å². The number of carbonyl (C=O) groups is 3. The summed E-state index contributed by atoms with van der Waals surface area (Å²) in [6.07, 6.45) is 6.71. The molecule has 0 spiro atoms. The average molecular weight is 544 g/mol. The van der Waals surface area contributed by atoms with E-state index in [9.17, 15) is 14.4 Å². The van der Waals surface area contributed by atoms with Gasteiger partial charge in [-0.25, -0.2) is 9.69 Å². The highest BCUT2D eigenvalue weighted by molar-refractivity contribution is 14.1. The molecule has 1 fully saturated rings. The third-order valence-electron chi connectivity index (χ3n) is 4.79. The molecule has 0 aromatic heterocycles. The fraction of sp³-hybridized carbons (Fsp3) is 0.208. The molecule has 1 aliphatic heterocycles. The van der Waals surface area contributed by atoms with E-state index in [1.165, 1.54) is 6.08 Å². The van der Waals surface area contributed by atoms with E-state index in [2.05, 4.69) is 33.8 Å². The first kappa shape index (κ1) is 23.3. The zero-order valence-corrected chi connectivity index (χ0v) is 20.0. The second-order valence-electron chi connectivity index (χ2n) is 6.98. The summed E-state index contributed by atoms with van der Waals surface area (Å²) in [5, 5.41) is 2.24. The number of halogens is 1. The molecule has 0 saturated carbocycles. The molecule has 1 saturated heterocycles. The molecule has 7 nitrogen and oxygen atoms in total. The molecule has 1 N–H and O–H groups in total. The highest BCUT2D eigenvalue weighted by Crippen LogP contribution is 2.35. The zero-order chi connectivity index (χ0) is 23.4. The number of hydrogen-bond donors (Lipinski definition) is 1. The van der Waals surface area contributed by atoms with Crippen LogP contribution in [0.25, 0.3) is 6.08 Å². The lowest BCUT2D eigenvalue weighted by Crippen LogP contribution is -2.54. The molecule has 0 atom stereocenters. The van der Waals surface area contributed by atoms with Crippen LogP contribution >= 0.6 is 22.6 Å². The van der Waals surface area contributed by atoms with Gasteiger partial charge in [-0.3, -0.25) is 14.9 Å². The summed E-state index contributed by atoms with van der Waals surface area (Å²) in [5.41, 5.74) is 2.70. The fourth-order valence-corrected chi connectivity index (χ4v) is 3.89. The summed E-state index contributed by atoms with van der Waals surface area (Å²) in [6.45, 7) is 6.10. The lowest BCUT2D eigenvalue weighted by Gasteiger charge is -2.27. The van der Waals surface area contributed by atoms with Crippen molar-refractivity contribution in [3.8, 4) is 23.8 Å². The number of barbiturate groups is 1. The van der Waals surface area contributed by atoms with Crippen molar-refractivity contribution in [2.24, 2.45) is 0 Å². The normalized spacial score (nSPS) is 14.9. The molecule has 164 valence electrons. The molecular weight excluding hydrogens is 523 g/mol. The van der Waals surface area contributed by atoms with Gasteiger partial charge in [0.15, 0.2) is 11.5 Å². The van der Waals surface area contributed by atoms with Crippen molar-refractivity contribution >= 4 is 52.2 Å². The first-order valence-electron chi connectivity index (χ1n) is 9.78. The fourth-order valence-electron chi connectivity index (χ4n) is 3.11. The highest BCUT2D eigenvalue weighted by Gasteiger charge is 2.37. The number of aryl methyl sites for hydroxylation is 2. The monoisotopic (exact) mass is 544 g/mol. The van der Waals surface area contributed by atoms with Crippen LogP contribution in [0.1, 0.15) is 23.6 Å². The predicted molar refractivity (Wildman–Crippen MR) is 130 cm³/mol. The Hall–Kier alpha value is -3.32. The van der Waals surface area contributed by atoms with E-state index in [4.69, 9.17) is 15.9 Å². The summed E-state index contributed by atoms with van der Waals surface area (Å²) in [5.74, 6) is 1.86. The Bertz CT molecular complexity index is 1180. The van der Waals surface area contributed by atoms with E-state index in [1.807, 2.05) is 26.8 Å². The topological polar surface area (TPSA) is 84.9 Å². The lowest BCUT2D eigenvalue weighted by atomic mass is 10.0. The molecule has 32 heavy (non-hydrogen) atoms. The second-order valence-corrected chi connectivity index (χ2v) is 8.14. The van der Waals surface area contributed by atoms with Gasteiger partial charge in [-0.1, -0.05) is 12.0 Å². The van der Waals surface area contributed by atoms with E-state index < -0.39 is 17.8 Å². The third kappa shape index (κ3) is 4.78. The van der Waals surface area contributed by atoms with Crippen LogP contribution in [0, 0.1) is 29.8 Å². The van der Waals surface area contributed by atoms with Crippen molar-refractivity contribution in [3.05, 3.63) is 56.2 Å². The summed E-state index contributed by atoms with van der Waals surface area (Å²) in [6, 6.07) is 7.82. The SMILES string of the molecule is C#CCOc1c(I)cc(/C=C2\C(=O)NC(=O)N(c3ccc(C)c(C)c3)C2=O)cc1OCC. The van der Waals surface area contributed by atoms with Crippen molar-refractivity contribution in [3.63, 3.8) is 0 Å². The molecular formula is C24H21IN2O5. The predicted octanol–water partition coefficient (Wildman–Crippen LogP) is 3.99. The summed E-state index contributed by atoms with van der Waals surface area (Å²) >= 11 is 2.07. The Kier molecular flexibility index (Phi) is 7.20. The number of amides is 4. The number of anilines is 1. The Morgan fingerprint density at radius 1 is 1.12 bits per heavy atom. The minimum absolute atomic E-state index is 0.0739. The molecule has 1 aliphatic rings. The number of nitrogens with one attached hydrogen (secondary N) is 1. The maximum Gasteiger partial charge on any atom is 0.335 e. The number of terminal acetylenes is 1. The number of hydrogen-bond acceptors (Lipinski definition) is 5. The van der Waals surface area contributed by atoms with Crippen LogP contribution in [0.3, 0.4) is 0 Å². The molecule has 0 unspecified atom stereocenters. The Morgan fingerprint density at radius 2 is 1.88 bits per heavy atom. The summed E-state index contributed by atoms with van der Waals surface area (Å²) in [7, 11) is 0. The van der Waals surface area contributed by atoms with Crippen LogP contribution in [0.2, 0.25) is 0 Å². The zero-order valence-electron chi connectivity index (χ0n) is 17.8. The van der Waals surface area contributed by atoms with Crippen molar-refractivity contribution in [1.82, 2.24) is 5.32 Å². The van der Waals surface area contributed by atoms with Gasteiger partial charge < -0.3 is 9.47 Å². The van der Waals surface area contributed by atoms with Gasteiger partial charge in [0.2, 0.25) is 0 Å². The number of ether oxygens (including phenoxy) is 2. The van der Waals surface area contributed by atoms with Crippen LogP contribution < -0.4 is 19.7 Å². The lowest BCUT2D eigenvalue weighted by molar-refractivity contribution is -0.122. The largest absolute Gasteiger partial charge is 0.490 e. The minimum atomic E-state index is -0.789. The Labute approximate surface area is 199 Å². The second kappa shape index (κ2) is 9.87. The van der Waals surface area contributed by atoms with Gasteiger partial charge in [0, 0.05) is 0 Å². The molecule has 0 aliphatic carbocycles. The quantitative estimate of drug-likeness (QED) is 0.258. The number of benzene rings is 2. The maximum absolute atomic E-state index is 13.1. The number of imide groups is 2. The van der Waals surface area contributed by atoms with Gasteiger partial charge in [-0.05, 0) is 90.4 Å². The van der Waals surface area contributed by atoms with E-state index in [0.717, 1.165) is 16.0 Å². The molecule has 3 rings (SSSR count). The van der Waals surface area contributed by atoms with Gasteiger partial charge >= 0.3 is 6.03 Å². The van der Waals surface area contributed by atoms with Gasteiger partial charge in [0.1, 0.15) is 12.2 Å². The molecule has 0 radical (unpaired) electrons. The van der Waals surface area contributed by atoms with Crippen LogP contribution in [0.15, 0.2) is 35.9 Å². The smallest absolute Gasteiger partial charge is 0.335 e. The number of carbonyl (C=O) groups excluding carboxylic acids is 3. The Balaban J connectivity index is 2.03. The summed E-state index contributed by atoms with van der Waals surface area (Å²) < 4.78 is 11.9.